The highest BCUT2D eigenvalue weighted by Crippen LogP contribution is 2.31. The minimum atomic E-state index is -0.787. The number of hydrogen-bond donors (Lipinski definition) is 6. The number of carboxylic acid groups (broad SMARTS) is 2. The van der Waals surface area contributed by atoms with Crippen LogP contribution < -0.4 is 14.9 Å². The Balaban J connectivity index is 0.000000581. The molecular weight excluding hydrogens is 619 g/mol. The first-order chi connectivity index (χ1) is 20.5. The summed E-state index contributed by atoms with van der Waals surface area (Å²) in [5, 5.41) is 26.3. The minimum Gasteiger partial charge on any atom is -0.481 e. The molecule has 0 bridgehead atoms. The highest BCUT2D eigenvalue weighted by molar-refractivity contribution is 7.97. The van der Waals surface area contributed by atoms with Crippen molar-refractivity contribution in [3.8, 4) is 0 Å². The van der Waals surface area contributed by atoms with E-state index in [9.17, 15) is 9.59 Å². The van der Waals surface area contributed by atoms with Crippen LogP contribution in [0.2, 0.25) is 0 Å². The lowest BCUT2D eigenvalue weighted by atomic mass is 10.1. The summed E-state index contributed by atoms with van der Waals surface area (Å²) in [4.78, 5) is 25.5. The molecule has 43 heavy (non-hydrogen) atoms. The van der Waals surface area contributed by atoms with Crippen molar-refractivity contribution >= 4 is 94.7 Å². The molecule has 0 radical (unpaired) electrons. The Kier molecular flexibility index (Phi) is 21.4. The molecule has 0 aliphatic carbocycles. The fourth-order valence-electron chi connectivity index (χ4n) is 3.62. The van der Waals surface area contributed by atoms with Gasteiger partial charge in [-0.1, -0.05) is 62.4 Å². The number of nitrogens with zero attached hydrogens (tertiary/aromatic N) is 2. The van der Waals surface area contributed by atoms with Gasteiger partial charge in [0.15, 0.2) is 0 Å². The van der Waals surface area contributed by atoms with Crippen molar-refractivity contribution in [1.29, 1.82) is 0 Å². The van der Waals surface area contributed by atoms with Crippen molar-refractivity contribution in [1.82, 2.24) is 0 Å². The van der Waals surface area contributed by atoms with Gasteiger partial charge >= 0.3 is 11.9 Å². The van der Waals surface area contributed by atoms with Gasteiger partial charge in [-0.3, -0.25) is 14.7 Å². The summed E-state index contributed by atoms with van der Waals surface area (Å²) >= 11 is 13.1. The maximum absolute atomic E-state index is 9.55. The van der Waals surface area contributed by atoms with E-state index in [-0.39, 0.29) is 12.8 Å². The third-order valence-electron chi connectivity index (χ3n) is 5.48. The molecule has 4 N–H and O–H groups in total. The lowest BCUT2D eigenvalue weighted by molar-refractivity contribution is -0.137. The number of thiol groups is 3. The third kappa shape index (κ3) is 14.6. The van der Waals surface area contributed by atoms with Crippen LogP contribution in [0.5, 0.6) is 0 Å². The number of anilines is 2. The molecule has 0 aromatic heterocycles. The first kappa shape index (κ1) is 40.3. The van der Waals surface area contributed by atoms with Crippen LogP contribution in [0.25, 0.3) is 21.5 Å². The first-order valence-corrected chi connectivity index (χ1v) is 16.2. The van der Waals surface area contributed by atoms with E-state index >= 15 is 0 Å². The molecule has 0 aliphatic rings. The van der Waals surface area contributed by atoms with Crippen molar-refractivity contribution in [2.24, 2.45) is 5.14 Å². The number of nitrogens with two attached hydrogens (primary N) is 1. The number of aliphatic carboxylic acids is 2. The van der Waals surface area contributed by atoms with Crippen molar-refractivity contribution in [3.05, 3.63) is 72.8 Å². The monoisotopic (exact) mass is 663 g/mol. The van der Waals surface area contributed by atoms with E-state index in [1.54, 1.807) is 0 Å². The Morgan fingerprint density at radius 3 is 1.42 bits per heavy atom. The predicted molar refractivity (Wildman–Crippen MR) is 197 cm³/mol. The van der Waals surface area contributed by atoms with Gasteiger partial charge < -0.3 is 20.0 Å². The standard InChI is InChI=1S/C12H14N2S.C12H13NS.2C3H6O2S.C2H6/c1-14(2)11-7-3-6-10-9(11)5-4-8-12(10)15-13;1-13(2)11-7-3-6-10-9(11)5-4-8-12(10)14;2*4-3(5)1-2-6;1-2/h3-8H,13H2,1-2H3;3-8,14H,1-2H3;2*6H,1-2H2,(H,4,5);1-2H3. The molecule has 0 saturated heterocycles. The predicted octanol–water partition coefficient (Wildman–Crippen LogP) is 7.87. The molecule has 0 spiro atoms. The quantitative estimate of drug-likeness (QED) is 0.0877. The number of carboxylic acids is 2. The number of fused-ring (bicyclic) bond motifs is 2. The zero-order valence-electron chi connectivity index (χ0n) is 25.7. The molecule has 0 atom stereocenters. The Hall–Kier alpha value is -2.70. The van der Waals surface area contributed by atoms with Crippen LogP contribution >= 0.6 is 49.8 Å². The molecule has 236 valence electrons. The van der Waals surface area contributed by atoms with Gasteiger partial charge in [-0.2, -0.15) is 25.3 Å². The van der Waals surface area contributed by atoms with Gasteiger partial charge in [0.1, 0.15) is 0 Å². The van der Waals surface area contributed by atoms with Crippen molar-refractivity contribution in [2.45, 2.75) is 36.5 Å². The van der Waals surface area contributed by atoms with Gasteiger partial charge in [0.05, 0.1) is 12.8 Å². The maximum atomic E-state index is 9.55. The van der Waals surface area contributed by atoms with Crippen LogP contribution in [0.15, 0.2) is 82.6 Å². The second-order valence-corrected chi connectivity index (χ2v) is 11.0. The molecule has 11 heteroatoms. The van der Waals surface area contributed by atoms with Crippen LogP contribution in [-0.2, 0) is 9.59 Å². The van der Waals surface area contributed by atoms with E-state index in [1.807, 2.05) is 38.1 Å². The van der Waals surface area contributed by atoms with Gasteiger partial charge in [-0.05, 0) is 47.0 Å². The van der Waals surface area contributed by atoms with Crippen LogP contribution in [0.1, 0.15) is 26.7 Å². The first-order valence-electron chi connectivity index (χ1n) is 13.6. The molecule has 4 aromatic carbocycles. The maximum Gasteiger partial charge on any atom is 0.304 e. The van der Waals surface area contributed by atoms with Crippen molar-refractivity contribution in [2.75, 3.05) is 49.5 Å². The fraction of sp³-hybridized carbons (Fsp3) is 0.312. The number of hydrogen-bond acceptors (Lipinski definition) is 9. The largest absolute Gasteiger partial charge is 0.481 e. The summed E-state index contributed by atoms with van der Waals surface area (Å²) in [6, 6.07) is 25.0. The van der Waals surface area contributed by atoms with Gasteiger partial charge in [0, 0.05) is 71.6 Å². The average Bonchev–Trinajstić information content (AvgIpc) is 2.98. The van der Waals surface area contributed by atoms with E-state index in [0.29, 0.717) is 11.5 Å². The lowest BCUT2D eigenvalue weighted by Crippen LogP contribution is -2.08. The van der Waals surface area contributed by atoms with E-state index in [1.165, 1.54) is 44.9 Å². The highest BCUT2D eigenvalue weighted by atomic mass is 32.2. The van der Waals surface area contributed by atoms with Crippen molar-refractivity contribution < 1.29 is 19.8 Å². The molecule has 4 aromatic rings. The Morgan fingerprint density at radius 1 is 0.674 bits per heavy atom. The molecule has 0 fully saturated rings. The summed E-state index contributed by atoms with van der Waals surface area (Å²) in [6.07, 6.45) is 0.312. The second kappa shape index (κ2) is 22.8. The Labute approximate surface area is 277 Å². The molecule has 0 saturated carbocycles. The van der Waals surface area contributed by atoms with Crippen LogP contribution in [-0.4, -0.2) is 61.8 Å². The number of benzene rings is 4. The lowest BCUT2D eigenvalue weighted by Gasteiger charge is -2.16. The molecular formula is C32H45N3O4S4. The molecule has 0 amide bonds. The van der Waals surface area contributed by atoms with E-state index in [0.717, 1.165) is 9.79 Å². The average molecular weight is 664 g/mol. The Morgan fingerprint density at radius 2 is 1.05 bits per heavy atom. The summed E-state index contributed by atoms with van der Waals surface area (Å²) in [7, 11) is 8.22. The normalized spacial score (nSPS) is 9.53. The molecule has 0 unspecified atom stereocenters. The second-order valence-electron chi connectivity index (χ2n) is 8.92. The SMILES string of the molecule is CC.CN(C)c1cccc2c(S)cccc12.CN(C)c1cccc2c(SN)cccc12.O=C(O)CCS.O=C(O)CCS. The van der Waals surface area contributed by atoms with Gasteiger partial charge in [0.2, 0.25) is 0 Å². The number of rotatable bonds is 7. The summed E-state index contributed by atoms with van der Waals surface area (Å²) in [5.41, 5.74) is 2.46. The van der Waals surface area contributed by atoms with E-state index in [4.69, 9.17) is 15.4 Å². The van der Waals surface area contributed by atoms with E-state index < -0.39 is 11.9 Å². The van der Waals surface area contributed by atoms with Crippen molar-refractivity contribution in [3.63, 3.8) is 0 Å². The van der Waals surface area contributed by atoms with Crippen LogP contribution in [0.3, 0.4) is 0 Å². The smallest absolute Gasteiger partial charge is 0.304 e. The third-order valence-corrected chi connectivity index (χ3v) is 6.92. The van der Waals surface area contributed by atoms with Gasteiger partial charge in [-0.25, -0.2) is 0 Å². The van der Waals surface area contributed by atoms with Gasteiger partial charge in [-0.15, -0.1) is 12.6 Å². The summed E-state index contributed by atoms with van der Waals surface area (Å²) in [5.74, 6) is -0.722. The summed E-state index contributed by atoms with van der Waals surface area (Å²) in [6.45, 7) is 4.00. The summed E-state index contributed by atoms with van der Waals surface area (Å²) < 4.78 is 0. The molecule has 0 aliphatic heterocycles. The molecule has 7 nitrogen and oxygen atoms in total. The zero-order chi connectivity index (χ0) is 32.9. The van der Waals surface area contributed by atoms with Crippen LogP contribution in [0.4, 0.5) is 11.4 Å². The highest BCUT2D eigenvalue weighted by Gasteiger charge is 2.05. The van der Waals surface area contributed by atoms with Crippen LogP contribution in [0, 0.1) is 0 Å². The zero-order valence-corrected chi connectivity index (χ0v) is 29.2. The molecule has 4 rings (SSSR count). The number of carbonyl (C=O) groups is 2. The minimum absolute atomic E-state index is 0.156. The van der Waals surface area contributed by atoms with Gasteiger partial charge in [0.25, 0.3) is 0 Å². The topological polar surface area (TPSA) is 107 Å². The van der Waals surface area contributed by atoms with E-state index in [2.05, 4.69) is 124 Å². The fourth-order valence-corrected chi connectivity index (χ4v) is 4.74. The molecule has 0 heterocycles. The Bertz CT molecular complexity index is 1390.